The summed E-state index contributed by atoms with van der Waals surface area (Å²) < 4.78 is 31.8. The number of hydrogen-bond donors (Lipinski definition) is 2. The lowest BCUT2D eigenvalue weighted by Gasteiger charge is -2.05. The molecule has 3 aromatic rings. The van der Waals surface area contributed by atoms with E-state index in [0.29, 0.717) is 12.1 Å². The Morgan fingerprint density at radius 3 is 2.71 bits per heavy atom. The largest absolute Gasteiger partial charge is 0.497 e. The van der Waals surface area contributed by atoms with E-state index in [1.165, 1.54) is 17.7 Å². The highest BCUT2D eigenvalue weighted by atomic mass is 19.1. The third kappa shape index (κ3) is 3.41. The van der Waals surface area contributed by atoms with Crippen LogP contribution in [0.15, 0.2) is 36.4 Å². The number of hydrogen-bond acceptors (Lipinski definition) is 1. The summed E-state index contributed by atoms with van der Waals surface area (Å²) in [6.45, 7) is 3.38. The van der Waals surface area contributed by atoms with Gasteiger partial charge in [-0.15, -0.1) is 0 Å². The van der Waals surface area contributed by atoms with Gasteiger partial charge in [0.25, 0.3) is 0 Å². The number of fused-ring (bicyclic) bond motifs is 1. The van der Waals surface area contributed by atoms with Gasteiger partial charge in [-0.2, -0.15) is 0 Å². The van der Waals surface area contributed by atoms with Crippen LogP contribution in [-0.4, -0.2) is 18.6 Å². The van der Waals surface area contributed by atoms with Crippen LogP contribution in [0.5, 0.6) is 5.75 Å². The van der Waals surface area contributed by atoms with Gasteiger partial charge in [-0.3, -0.25) is 0 Å². The van der Waals surface area contributed by atoms with Crippen LogP contribution >= 0.6 is 0 Å². The van der Waals surface area contributed by atoms with Crippen LogP contribution in [0, 0.1) is 18.6 Å². The normalized spacial score (nSPS) is 11.2. The first-order valence-electron chi connectivity index (χ1n) is 7.99. The molecule has 1 heterocycles. The van der Waals surface area contributed by atoms with Gasteiger partial charge >= 0.3 is 0 Å². The molecular formula is C19H21F2N2O+. The Morgan fingerprint density at radius 1 is 1.12 bits per heavy atom. The van der Waals surface area contributed by atoms with E-state index in [2.05, 4.69) is 11.9 Å². The first-order valence-corrected chi connectivity index (χ1v) is 7.99. The lowest BCUT2D eigenvalue weighted by atomic mass is 10.1. The maximum Gasteiger partial charge on any atom is 0.134 e. The molecule has 3 nitrogen and oxygen atoms in total. The van der Waals surface area contributed by atoms with Crippen molar-refractivity contribution in [2.75, 3.05) is 13.7 Å². The maximum atomic E-state index is 13.6. The molecule has 2 aromatic carbocycles. The number of nitrogens with one attached hydrogen (secondary N) is 1. The number of nitrogens with two attached hydrogens (primary N) is 1. The lowest BCUT2D eigenvalue weighted by molar-refractivity contribution is -0.670. The molecule has 3 N–H and O–H groups in total. The molecular weight excluding hydrogens is 310 g/mol. The van der Waals surface area contributed by atoms with E-state index in [1.54, 1.807) is 7.11 Å². The summed E-state index contributed by atoms with van der Waals surface area (Å²) in [5.74, 6) is -0.195. The fourth-order valence-electron chi connectivity index (χ4n) is 3.00. The Labute approximate surface area is 139 Å². The van der Waals surface area contributed by atoms with Crippen molar-refractivity contribution < 1.29 is 18.8 Å². The molecule has 0 spiro atoms. The summed E-state index contributed by atoms with van der Waals surface area (Å²) in [4.78, 5) is 3.38. The summed E-state index contributed by atoms with van der Waals surface area (Å²) in [5, 5.41) is 3.20. The average molecular weight is 331 g/mol. The molecule has 5 heteroatoms. The van der Waals surface area contributed by atoms with Gasteiger partial charge in [-0.05, 0) is 42.8 Å². The standard InChI is InChI=1S/C19H20F2N2O/c1-12-16(17-10-15(24-2)5-6-19(17)23-12)7-8-22-11-13-3-4-14(20)9-18(13)21/h3-6,9-10,22-23H,7-8,11H2,1-2H3/p+1. The molecule has 0 amide bonds. The van der Waals surface area contributed by atoms with E-state index >= 15 is 0 Å². The number of benzene rings is 2. The van der Waals surface area contributed by atoms with Gasteiger partial charge in [0.05, 0.1) is 13.7 Å². The van der Waals surface area contributed by atoms with Crippen LogP contribution in [0.2, 0.25) is 0 Å². The maximum absolute atomic E-state index is 13.6. The summed E-state index contributed by atoms with van der Waals surface area (Å²) in [7, 11) is 1.66. The zero-order chi connectivity index (χ0) is 17.1. The number of quaternary nitrogens is 1. The molecule has 0 bridgehead atoms. The minimum atomic E-state index is -0.542. The highest BCUT2D eigenvalue weighted by Crippen LogP contribution is 2.26. The average Bonchev–Trinajstić information content (AvgIpc) is 2.88. The monoisotopic (exact) mass is 331 g/mol. The van der Waals surface area contributed by atoms with Crippen molar-refractivity contribution in [3.05, 3.63) is 64.9 Å². The molecule has 0 radical (unpaired) electrons. The molecule has 0 saturated heterocycles. The van der Waals surface area contributed by atoms with Gasteiger partial charge in [0.15, 0.2) is 0 Å². The zero-order valence-electron chi connectivity index (χ0n) is 13.8. The van der Waals surface area contributed by atoms with Crippen LogP contribution in [0.4, 0.5) is 8.78 Å². The highest BCUT2D eigenvalue weighted by molar-refractivity contribution is 5.86. The third-order valence-corrected chi connectivity index (χ3v) is 4.30. The van der Waals surface area contributed by atoms with Crippen LogP contribution in [0.1, 0.15) is 16.8 Å². The fourth-order valence-corrected chi connectivity index (χ4v) is 3.00. The van der Waals surface area contributed by atoms with Crippen LogP contribution in [-0.2, 0) is 13.0 Å². The van der Waals surface area contributed by atoms with Gasteiger partial charge < -0.3 is 15.0 Å². The van der Waals surface area contributed by atoms with Crippen LogP contribution < -0.4 is 10.1 Å². The van der Waals surface area contributed by atoms with Gasteiger partial charge in [0, 0.05) is 34.6 Å². The molecule has 0 fully saturated rings. The van der Waals surface area contributed by atoms with Crippen molar-refractivity contribution in [1.82, 2.24) is 4.98 Å². The number of H-pyrrole nitrogens is 1. The number of ether oxygens (including phenoxy) is 1. The Balaban J connectivity index is 1.66. The van der Waals surface area contributed by atoms with Crippen molar-refractivity contribution in [2.45, 2.75) is 19.9 Å². The fraction of sp³-hybridized carbons (Fsp3) is 0.263. The summed E-state index contributed by atoms with van der Waals surface area (Å²) in [6.07, 6.45) is 0.863. The molecule has 0 atom stereocenters. The van der Waals surface area contributed by atoms with E-state index in [4.69, 9.17) is 4.74 Å². The Hall–Kier alpha value is -2.40. The number of rotatable bonds is 6. The first kappa shape index (κ1) is 16.5. The Kier molecular flexibility index (Phi) is 4.81. The second-order valence-electron chi connectivity index (χ2n) is 5.91. The van der Waals surface area contributed by atoms with Crippen molar-refractivity contribution in [3.63, 3.8) is 0 Å². The smallest absolute Gasteiger partial charge is 0.134 e. The first-order chi connectivity index (χ1) is 11.6. The Bertz CT molecular complexity index is 858. The van der Waals surface area contributed by atoms with Gasteiger partial charge in [-0.25, -0.2) is 8.78 Å². The summed E-state index contributed by atoms with van der Waals surface area (Å²) in [5.41, 5.74) is 4.00. The van der Waals surface area contributed by atoms with Crippen molar-refractivity contribution in [2.24, 2.45) is 0 Å². The van der Waals surface area contributed by atoms with Gasteiger partial charge in [-0.1, -0.05) is 0 Å². The van der Waals surface area contributed by atoms with Crippen molar-refractivity contribution >= 4 is 10.9 Å². The molecule has 1 aromatic heterocycles. The number of aryl methyl sites for hydroxylation is 1. The van der Waals surface area contributed by atoms with E-state index in [-0.39, 0.29) is 0 Å². The van der Waals surface area contributed by atoms with E-state index < -0.39 is 11.6 Å². The summed E-state index contributed by atoms with van der Waals surface area (Å²) in [6, 6.07) is 9.71. The second kappa shape index (κ2) is 7.01. The molecule has 24 heavy (non-hydrogen) atoms. The van der Waals surface area contributed by atoms with E-state index in [1.807, 2.05) is 23.5 Å². The Morgan fingerprint density at radius 2 is 1.96 bits per heavy atom. The molecule has 0 aliphatic heterocycles. The second-order valence-corrected chi connectivity index (χ2v) is 5.91. The molecule has 0 aliphatic rings. The third-order valence-electron chi connectivity index (χ3n) is 4.30. The molecule has 0 unspecified atom stereocenters. The molecule has 126 valence electrons. The summed E-state index contributed by atoms with van der Waals surface area (Å²) >= 11 is 0. The highest BCUT2D eigenvalue weighted by Gasteiger charge is 2.11. The van der Waals surface area contributed by atoms with E-state index in [0.717, 1.165) is 41.4 Å². The van der Waals surface area contributed by atoms with E-state index in [9.17, 15) is 8.78 Å². The van der Waals surface area contributed by atoms with Crippen LogP contribution in [0.3, 0.4) is 0 Å². The number of halogens is 2. The number of aromatic nitrogens is 1. The molecule has 0 aliphatic carbocycles. The topological polar surface area (TPSA) is 41.6 Å². The zero-order valence-corrected chi connectivity index (χ0v) is 13.8. The van der Waals surface area contributed by atoms with Crippen molar-refractivity contribution in [3.8, 4) is 5.75 Å². The molecule has 0 saturated carbocycles. The van der Waals surface area contributed by atoms with Gasteiger partial charge in [0.1, 0.15) is 23.9 Å². The van der Waals surface area contributed by atoms with Gasteiger partial charge in [0.2, 0.25) is 0 Å². The molecule has 3 rings (SSSR count). The predicted molar refractivity (Wildman–Crippen MR) is 90.1 cm³/mol. The number of aromatic amines is 1. The van der Waals surface area contributed by atoms with Crippen LogP contribution in [0.25, 0.3) is 10.9 Å². The number of methoxy groups -OCH3 is 1. The minimum absolute atomic E-state index is 0.487. The SMILES string of the molecule is COc1ccc2[nH]c(C)c(CC[NH2+]Cc3ccc(F)cc3F)c2c1. The quantitative estimate of drug-likeness (QED) is 0.670. The predicted octanol–water partition coefficient (Wildman–Crippen LogP) is 3.07. The van der Waals surface area contributed by atoms with Crippen molar-refractivity contribution in [1.29, 1.82) is 0 Å². The minimum Gasteiger partial charge on any atom is -0.497 e. The lowest BCUT2D eigenvalue weighted by Crippen LogP contribution is -2.83.